The fraction of sp³-hybridized carbons (Fsp3) is 0.455. The lowest BCUT2D eigenvalue weighted by molar-refractivity contribution is -0.143. The minimum atomic E-state index is -0.800. The van der Waals surface area contributed by atoms with Gasteiger partial charge in [-0.1, -0.05) is 23.2 Å². The number of fused-ring (bicyclic) bond motifs is 1. The van der Waals surface area contributed by atoms with Crippen LogP contribution >= 0.6 is 34.8 Å². The molecule has 4 rings (SSSR count). The molecule has 2 aromatic rings. The highest BCUT2D eigenvalue weighted by Gasteiger charge is 2.34. The van der Waals surface area contributed by atoms with Gasteiger partial charge in [0.2, 0.25) is 5.28 Å². The van der Waals surface area contributed by atoms with E-state index in [4.69, 9.17) is 34.8 Å². The predicted octanol–water partition coefficient (Wildman–Crippen LogP) is 4.61. The zero-order valence-electron chi connectivity index (χ0n) is 17.4. The van der Waals surface area contributed by atoms with E-state index >= 15 is 0 Å². The summed E-state index contributed by atoms with van der Waals surface area (Å²) in [6, 6.07) is 4.32. The molecule has 1 fully saturated rings. The zero-order valence-corrected chi connectivity index (χ0v) is 19.6. The normalized spacial score (nSPS) is 23.0. The van der Waals surface area contributed by atoms with Crippen molar-refractivity contribution in [1.82, 2.24) is 14.5 Å². The van der Waals surface area contributed by atoms with Gasteiger partial charge in [0.25, 0.3) is 11.5 Å². The first-order valence-electron chi connectivity index (χ1n) is 10.5. The summed E-state index contributed by atoms with van der Waals surface area (Å²) in [7, 11) is 0. The molecule has 1 aromatic heterocycles. The van der Waals surface area contributed by atoms with Gasteiger partial charge in [-0.05, 0) is 68.8 Å². The van der Waals surface area contributed by atoms with E-state index in [0.29, 0.717) is 59.0 Å². The van der Waals surface area contributed by atoms with Crippen LogP contribution in [0.5, 0.6) is 0 Å². The first kappa shape index (κ1) is 23.1. The van der Waals surface area contributed by atoms with Crippen molar-refractivity contribution in [2.24, 2.45) is 5.92 Å². The molecule has 0 unspecified atom stereocenters. The number of aliphatic carboxylic acids is 1. The fourth-order valence-corrected chi connectivity index (χ4v) is 5.22. The number of carbonyl (C=O) groups excluding carboxylic acids is 1. The van der Waals surface area contributed by atoms with Crippen molar-refractivity contribution in [3.8, 4) is 0 Å². The summed E-state index contributed by atoms with van der Waals surface area (Å²) in [6.07, 6.45) is 2.49. The summed E-state index contributed by atoms with van der Waals surface area (Å²) in [5.41, 5.74) is 1.25. The van der Waals surface area contributed by atoms with Crippen molar-refractivity contribution in [2.45, 2.75) is 57.7 Å². The number of aromatic nitrogens is 2. The van der Waals surface area contributed by atoms with E-state index in [1.54, 1.807) is 17.0 Å². The number of carboxylic acid groups (broad SMARTS) is 1. The van der Waals surface area contributed by atoms with Crippen molar-refractivity contribution >= 4 is 46.7 Å². The zero-order chi connectivity index (χ0) is 23.2. The van der Waals surface area contributed by atoms with E-state index < -0.39 is 5.97 Å². The quantitative estimate of drug-likeness (QED) is 0.624. The molecule has 1 aromatic carbocycles. The molecule has 0 saturated heterocycles. The highest BCUT2D eigenvalue weighted by Crippen LogP contribution is 2.34. The van der Waals surface area contributed by atoms with Gasteiger partial charge in [-0.3, -0.25) is 19.0 Å². The van der Waals surface area contributed by atoms with Gasteiger partial charge in [0.15, 0.2) is 0 Å². The Morgan fingerprint density at radius 1 is 1.09 bits per heavy atom. The third-order valence-corrected chi connectivity index (χ3v) is 7.45. The van der Waals surface area contributed by atoms with Crippen LogP contribution in [0.4, 0.5) is 0 Å². The standard InChI is InChI=1S/C22H22Cl3N3O4/c1-11-8-15-18(10-27(11)19(29)13-4-7-16(23)17(24)9-13)26-22(25)28(20(15)30)14-5-2-12(3-6-14)21(31)32/h4,7,9,11-12,14H,2-3,5-6,8,10H2,1H3,(H,31,32)/t11-,12?,14?/m1/s1. The molecule has 32 heavy (non-hydrogen) atoms. The number of benzene rings is 1. The third kappa shape index (κ3) is 4.26. The molecule has 1 amide bonds. The van der Waals surface area contributed by atoms with Crippen molar-refractivity contribution in [3.63, 3.8) is 0 Å². The monoisotopic (exact) mass is 497 g/mol. The van der Waals surface area contributed by atoms with Crippen LogP contribution in [-0.4, -0.2) is 37.5 Å². The molecule has 7 nitrogen and oxygen atoms in total. The summed E-state index contributed by atoms with van der Waals surface area (Å²) in [5, 5.41) is 9.96. The first-order chi connectivity index (χ1) is 15.2. The molecule has 1 aliphatic heterocycles. The van der Waals surface area contributed by atoms with Crippen molar-refractivity contribution < 1.29 is 14.7 Å². The van der Waals surface area contributed by atoms with E-state index in [-0.39, 0.29) is 41.3 Å². The number of rotatable bonds is 3. The second kappa shape index (κ2) is 9.04. The lowest BCUT2D eigenvalue weighted by Crippen LogP contribution is -2.46. The Morgan fingerprint density at radius 2 is 1.78 bits per heavy atom. The minimum absolute atomic E-state index is 0.0732. The number of amides is 1. The predicted molar refractivity (Wildman–Crippen MR) is 122 cm³/mol. The number of hydrogen-bond acceptors (Lipinski definition) is 4. The maximum atomic E-state index is 13.3. The largest absolute Gasteiger partial charge is 0.481 e. The highest BCUT2D eigenvalue weighted by atomic mass is 35.5. The summed E-state index contributed by atoms with van der Waals surface area (Å²) < 4.78 is 1.50. The van der Waals surface area contributed by atoms with E-state index in [1.165, 1.54) is 10.6 Å². The Hall–Kier alpha value is -2.09. The lowest BCUT2D eigenvalue weighted by Gasteiger charge is -2.35. The third-order valence-electron chi connectivity index (χ3n) is 6.44. The smallest absolute Gasteiger partial charge is 0.306 e. The van der Waals surface area contributed by atoms with Gasteiger partial charge in [0, 0.05) is 23.2 Å². The van der Waals surface area contributed by atoms with Crippen molar-refractivity contribution in [2.75, 3.05) is 0 Å². The summed E-state index contributed by atoms with van der Waals surface area (Å²) >= 11 is 18.4. The highest BCUT2D eigenvalue weighted by molar-refractivity contribution is 6.42. The summed E-state index contributed by atoms with van der Waals surface area (Å²) in [5.74, 6) is -1.41. The van der Waals surface area contributed by atoms with Crippen LogP contribution in [-0.2, 0) is 17.8 Å². The van der Waals surface area contributed by atoms with Gasteiger partial charge in [-0.25, -0.2) is 4.98 Å². The second-order valence-electron chi connectivity index (χ2n) is 8.44. The molecule has 0 radical (unpaired) electrons. The van der Waals surface area contributed by atoms with Gasteiger partial charge in [0.05, 0.1) is 28.2 Å². The van der Waals surface area contributed by atoms with Crippen LogP contribution in [0.15, 0.2) is 23.0 Å². The average molecular weight is 499 g/mol. The van der Waals surface area contributed by atoms with Gasteiger partial charge >= 0.3 is 5.97 Å². The first-order valence-corrected chi connectivity index (χ1v) is 11.6. The van der Waals surface area contributed by atoms with Crippen molar-refractivity contribution in [1.29, 1.82) is 0 Å². The average Bonchev–Trinajstić information content (AvgIpc) is 2.76. The molecule has 1 N–H and O–H groups in total. The molecule has 1 aliphatic carbocycles. The van der Waals surface area contributed by atoms with Crippen LogP contribution in [0.2, 0.25) is 15.3 Å². The van der Waals surface area contributed by atoms with Crippen LogP contribution in [0.3, 0.4) is 0 Å². The number of carboxylic acids is 1. The number of halogens is 3. The Bertz CT molecular complexity index is 1140. The Balaban J connectivity index is 1.60. The van der Waals surface area contributed by atoms with Gasteiger partial charge in [0.1, 0.15) is 0 Å². The summed E-state index contributed by atoms with van der Waals surface area (Å²) in [6.45, 7) is 2.05. The van der Waals surface area contributed by atoms with Gasteiger partial charge in [-0.15, -0.1) is 0 Å². The number of carbonyl (C=O) groups is 2. The minimum Gasteiger partial charge on any atom is -0.481 e. The molecule has 2 aliphatic rings. The maximum absolute atomic E-state index is 13.3. The molecule has 1 saturated carbocycles. The molecular weight excluding hydrogens is 477 g/mol. The lowest BCUT2D eigenvalue weighted by atomic mass is 9.86. The SMILES string of the molecule is C[C@@H]1Cc2c(nc(Cl)n(C3CCC(C(=O)O)CC3)c2=O)CN1C(=O)c1ccc(Cl)c(Cl)c1. The number of hydrogen-bond donors (Lipinski definition) is 1. The maximum Gasteiger partial charge on any atom is 0.306 e. The second-order valence-corrected chi connectivity index (χ2v) is 9.59. The number of nitrogens with zero attached hydrogens (tertiary/aromatic N) is 3. The van der Waals surface area contributed by atoms with E-state index in [0.717, 1.165) is 0 Å². The van der Waals surface area contributed by atoms with E-state index in [2.05, 4.69) is 4.98 Å². The molecule has 1 atom stereocenters. The fourth-order valence-electron chi connectivity index (χ4n) is 4.61. The van der Waals surface area contributed by atoms with Gasteiger partial charge < -0.3 is 10.0 Å². The molecule has 0 bridgehead atoms. The molecule has 0 spiro atoms. The molecule has 170 valence electrons. The Kier molecular flexibility index (Phi) is 6.52. The van der Waals surface area contributed by atoms with Crippen LogP contribution < -0.4 is 5.56 Å². The van der Waals surface area contributed by atoms with Crippen LogP contribution in [0, 0.1) is 5.92 Å². The molecule has 2 heterocycles. The molecule has 10 heteroatoms. The molecular formula is C22H22Cl3N3O4. The Labute approximate surface area is 199 Å². The van der Waals surface area contributed by atoms with E-state index in [9.17, 15) is 19.5 Å². The van der Waals surface area contributed by atoms with E-state index in [1.807, 2.05) is 6.92 Å². The van der Waals surface area contributed by atoms with Gasteiger partial charge in [-0.2, -0.15) is 0 Å². The summed E-state index contributed by atoms with van der Waals surface area (Å²) in [4.78, 5) is 43.7. The topological polar surface area (TPSA) is 92.5 Å². The van der Waals surface area contributed by atoms with Crippen molar-refractivity contribution in [3.05, 3.63) is 60.7 Å². The van der Waals surface area contributed by atoms with Crippen LogP contribution in [0.25, 0.3) is 0 Å². The van der Waals surface area contributed by atoms with Crippen LogP contribution in [0.1, 0.15) is 60.3 Å². The Morgan fingerprint density at radius 3 is 2.41 bits per heavy atom.